The van der Waals surface area contributed by atoms with Gasteiger partial charge in [-0.3, -0.25) is 0 Å². The third kappa shape index (κ3) is 3.39. The Morgan fingerprint density at radius 1 is 1.43 bits per heavy atom. The molecule has 0 aliphatic heterocycles. The minimum atomic E-state index is -3.53. The minimum Gasteiger partial charge on any atom is -0.495 e. The number of nitrogens with one attached hydrogen (secondary N) is 1. The molecule has 1 aliphatic carbocycles. The summed E-state index contributed by atoms with van der Waals surface area (Å²) in [5.74, 6) is 0.886. The van der Waals surface area contributed by atoms with Crippen LogP contribution in [0.15, 0.2) is 23.1 Å². The summed E-state index contributed by atoms with van der Waals surface area (Å²) in [5, 5.41) is 3.04. The SMILES string of the molecule is CNCc1ccc(S(=O)(=O)N(C)C(C)C2CC2)c(OC)c1. The lowest BCUT2D eigenvalue weighted by molar-refractivity contribution is 0.352. The standard InChI is InChI=1S/C15H24N2O3S/c1-11(13-6-7-13)17(3)21(18,19)15-8-5-12(10-16-2)9-14(15)20-4/h5,8-9,11,13,16H,6-7,10H2,1-4H3. The van der Waals surface area contributed by atoms with Crippen molar-refractivity contribution in [2.24, 2.45) is 5.92 Å². The average molecular weight is 312 g/mol. The lowest BCUT2D eigenvalue weighted by Crippen LogP contribution is -2.36. The first-order chi connectivity index (χ1) is 9.91. The summed E-state index contributed by atoms with van der Waals surface area (Å²) in [4.78, 5) is 0.236. The quantitative estimate of drug-likeness (QED) is 0.834. The summed E-state index contributed by atoms with van der Waals surface area (Å²) in [5.41, 5.74) is 0.992. The van der Waals surface area contributed by atoms with Crippen LogP contribution >= 0.6 is 0 Å². The molecule has 21 heavy (non-hydrogen) atoms. The highest BCUT2D eigenvalue weighted by molar-refractivity contribution is 7.89. The number of methoxy groups -OCH3 is 1. The van der Waals surface area contributed by atoms with Gasteiger partial charge in [0.25, 0.3) is 0 Å². The molecule has 0 heterocycles. The van der Waals surface area contributed by atoms with Gasteiger partial charge >= 0.3 is 0 Å². The zero-order chi connectivity index (χ0) is 15.6. The molecule has 1 aromatic rings. The summed E-state index contributed by atoms with van der Waals surface area (Å²) in [7, 11) is 1.47. The fourth-order valence-corrected chi connectivity index (χ4v) is 4.05. The van der Waals surface area contributed by atoms with Gasteiger partial charge in [-0.2, -0.15) is 4.31 Å². The summed E-state index contributed by atoms with van der Waals surface area (Å²) in [6.07, 6.45) is 2.22. The highest BCUT2D eigenvalue weighted by Gasteiger charge is 2.37. The zero-order valence-corrected chi connectivity index (χ0v) is 13.9. The Morgan fingerprint density at radius 2 is 2.10 bits per heavy atom. The summed E-state index contributed by atoms with van der Waals surface area (Å²) in [6, 6.07) is 5.26. The van der Waals surface area contributed by atoms with Crippen molar-refractivity contribution in [3.63, 3.8) is 0 Å². The molecule has 1 N–H and O–H groups in total. The van der Waals surface area contributed by atoms with E-state index in [1.54, 1.807) is 19.2 Å². The van der Waals surface area contributed by atoms with Gasteiger partial charge in [0, 0.05) is 19.6 Å². The van der Waals surface area contributed by atoms with E-state index in [2.05, 4.69) is 5.32 Å². The van der Waals surface area contributed by atoms with Gasteiger partial charge in [-0.15, -0.1) is 0 Å². The molecule has 1 unspecified atom stereocenters. The molecular weight excluding hydrogens is 288 g/mol. The van der Waals surface area contributed by atoms with E-state index in [1.165, 1.54) is 11.4 Å². The molecule has 2 rings (SSSR count). The third-order valence-corrected chi connectivity index (χ3v) is 6.13. The Bertz CT molecular complexity index is 597. The van der Waals surface area contributed by atoms with Crippen molar-refractivity contribution >= 4 is 10.0 Å². The topological polar surface area (TPSA) is 58.6 Å². The predicted octanol–water partition coefficient (Wildman–Crippen LogP) is 1.83. The zero-order valence-electron chi connectivity index (χ0n) is 13.1. The van der Waals surface area contributed by atoms with Crippen LogP contribution in [0.1, 0.15) is 25.3 Å². The molecule has 1 aliphatic rings. The van der Waals surface area contributed by atoms with Crippen molar-refractivity contribution in [2.75, 3.05) is 21.2 Å². The summed E-state index contributed by atoms with van der Waals surface area (Å²) < 4.78 is 32.3. The molecule has 0 spiro atoms. The van der Waals surface area contributed by atoms with Crippen LogP contribution < -0.4 is 10.1 Å². The van der Waals surface area contributed by atoms with Crippen molar-refractivity contribution in [1.82, 2.24) is 9.62 Å². The van der Waals surface area contributed by atoms with E-state index < -0.39 is 10.0 Å². The first-order valence-corrected chi connectivity index (χ1v) is 8.65. The number of hydrogen-bond donors (Lipinski definition) is 1. The van der Waals surface area contributed by atoms with Crippen LogP contribution in [-0.2, 0) is 16.6 Å². The fraction of sp³-hybridized carbons (Fsp3) is 0.600. The van der Waals surface area contributed by atoms with E-state index in [0.717, 1.165) is 18.4 Å². The molecule has 1 fully saturated rings. The van der Waals surface area contributed by atoms with Crippen LogP contribution in [0.4, 0.5) is 0 Å². The summed E-state index contributed by atoms with van der Waals surface area (Å²) in [6.45, 7) is 2.64. The molecule has 0 bridgehead atoms. The van der Waals surface area contributed by atoms with Gasteiger partial charge in [0.05, 0.1) is 7.11 Å². The van der Waals surface area contributed by atoms with Crippen LogP contribution in [0.3, 0.4) is 0 Å². The van der Waals surface area contributed by atoms with Crippen molar-refractivity contribution in [3.05, 3.63) is 23.8 Å². The Hall–Kier alpha value is -1.11. The molecule has 118 valence electrons. The monoisotopic (exact) mass is 312 g/mol. The maximum Gasteiger partial charge on any atom is 0.246 e. The normalized spacial score (nSPS) is 17.0. The Kier molecular flexibility index (Phi) is 4.91. The van der Waals surface area contributed by atoms with E-state index >= 15 is 0 Å². The highest BCUT2D eigenvalue weighted by atomic mass is 32.2. The second-order valence-corrected chi connectivity index (χ2v) is 7.58. The molecule has 0 aromatic heterocycles. The predicted molar refractivity (Wildman–Crippen MR) is 82.9 cm³/mol. The minimum absolute atomic E-state index is 0.0247. The second-order valence-electron chi connectivity index (χ2n) is 5.61. The largest absolute Gasteiger partial charge is 0.495 e. The summed E-state index contributed by atoms with van der Waals surface area (Å²) >= 11 is 0. The molecule has 0 saturated heterocycles. The molecule has 0 radical (unpaired) electrons. The lowest BCUT2D eigenvalue weighted by atomic mass is 10.2. The van der Waals surface area contributed by atoms with E-state index in [-0.39, 0.29) is 10.9 Å². The first kappa shape index (κ1) is 16.3. The number of sulfonamides is 1. The maximum atomic E-state index is 12.8. The van der Waals surface area contributed by atoms with Gasteiger partial charge in [0.15, 0.2) is 0 Å². The molecule has 1 atom stereocenters. The van der Waals surface area contributed by atoms with Gasteiger partial charge in [0.1, 0.15) is 10.6 Å². The third-order valence-electron chi connectivity index (χ3n) is 4.14. The number of ether oxygens (including phenoxy) is 1. The second kappa shape index (κ2) is 6.34. The molecule has 0 amide bonds. The van der Waals surface area contributed by atoms with Crippen LogP contribution in [0.25, 0.3) is 0 Å². The Morgan fingerprint density at radius 3 is 2.62 bits per heavy atom. The van der Waals surface area contributed by atoms with Crippen molar-refractivity contribution in [3.8, 4) is 5.75 Å². The van der Waals surface area contributed by atoms with Gasteiger partial charge in [-0.05, 0) is 50.4 Å². The first-order valence-electron chi connectivity index (χ1n) is 7.21. The number of hydrogen-bond acceptors (Lipinski definition) is 4. The van der Waals surface area contributed by atoms with E-state index in [4.69, 9.17) is 4.74 Å². The molecular formula is C15H24N2O3S. The Labute approximate surface area is 127 Å². The van der Waals surface area contributed by atoms with Crippen LogP contribution in [-0.4, -0.2) is 40.0 Å². The van der Waals surface area contributed by atoms with Crippen molar-refractivity contribution < 1.29 is 13.2 Å². The van der Waals surface area contributed by atoms with Crippen molar-refractivity contribution in [2.45, 2.75) is 37.2 Å². The van der Waals surface area contributed by atoms with Gasteiger partial charge in [-0.25, -0.2) is 8.42 Å². The highest BCUT2D eigenvalue weighted by Crippen LogP contribution is 2.37. The van der Waals surface area contributed by atoms with E-state index in [0.29, 0.717) is 18.2 Å². The molecule has 1 saturated carbocycles. The van der Waals surface area contributed by atoms with Gasteiger partial charge in [0.2, 0.25) is 10.0 Å². The molecule has 1 aromatic carbocycles. The average Bonchev–Trinajstić information content (AvgIpc) is 3.30. The van der Waals surface area contributed by atoms with Crippen molar-refractivity contribution in [1.29, 1.82) is 0 Å². The smallest absolute Gasteiger partial charge is 0.246 e. The van der Waals surface area contributed by atoms with Crippen LogP contribution in [0.5, 0.6) is 5.75 Å². The van der Waals surface area contributed by atoms with Crippen LogP contribution in [0.2, 0.25) is 0 Å². The van der Waals surface area contributed by atoms with E-state index in [9.17, 15) is 8.42 Å². The fourth-order valence-electron chi connectivity index (χ4n) is 2.49. The number of nitrogens with zero attached hydrogens (tertiary/aromatic N) is 1. The number of benzene rings is 1. The Balaban J connectivity index is 2.34. The van der Waals surface area contributed by atoms with E-state index in [1.807, 2.05) is 20.0 Å². The maximum absolute atomic E-state index is 12.8. The van der Waals surface area contributed by atoms with Crippen LogP contribution in [0, 0.1) is 5.92 Å². The van der Waals surface area contributed by atoms with Gasteiger partial charge < -0.3 is 10.1 Å². The molecule has 5 nitrogen and oxygen atoms in total. The van der Waals surface area contributed by atoms with Gasteiger partial charge in [-0.1, -0.05) is 6.07 Å². The molecule has 6 heteroatoms. The number of rotatable bonds is 7. The lowest BCUT2D eigenvalue weighted by Gasteiger charge is -2.25.